The van der Waals surface area contributed by atoms with Gasteiger partial charge in [0, 0.05) is 19.6 Å². The summed E-state index contributed by atoms with van der Waals surface area (Å²) in [6, 6.07) is 21.3. The zero-order chi connectivity index (χ0) is 20.0. The highest BCUT2D eigenvalue weighted by Gasteiger charge is 2.21. The maximum absolute atomic E-state index is 12.0. The van der Waals surface area contributed by atoms with Gasteiger partial charge in [0.05, 0.1) is 6.42 Å². The predicted octanol–water partition coefficient (Wildman–Crippen LogP) is 5.32. The average molecular weight is 378 g/mol. The minimum absolute atomic E-state index is 0.108. The fourth-order valence-electron chi connectivity index (χ4n) is 3.72. The zero-order valence-electron chi connectivity index (χ0n) is 17.3. The van der Waals surface area contributed by atoms with E-state index in [9.17, 15) is 4.79 Å². The third kappa shape index (κ3) is 5.80. The van der Waals surface area contributed by atoms with E-state index in [1.807, 2.05) is 20.8 Å². The summed E-state index contributed by atoms with van der Waals surface area (Å²) in [6.07, 6.45) is 2.53. The maximum Gasteiger partial charge on any atom is 0.307 e. The number of benzene rings is 2. The molecule has 3 nitrogen and oxygen atoms in total. The van der Waals surface area contributed by atoms with E-state index < -0.39 is 5.60 Å². The summed E-state index contributed by atoms with van der Waals surface area (Å²) in [5.74, 6) is -0.108. The lowest BCUT2D eigenvalue weighted by molar-refractivity contribution is -0.155. The molecule has 0 N–H and O–H groups in total. The Hall–Kier alpha value is -2.39. The monoisotopic (exact) mass is 377 g/mol. The Morgan fingerprint density at radius 3 is 1.86 bits per heavy atom. The summed E-state index contributed by atoms with van der Waals surface area (Å²) < 4.78 is 5.43. The Morgan fingerprint density at radius 2 is 1.39 bits per heavy atom. The Kier molecular flexibility index (Phi) is 6.69. The van der Waals surface area contributed by atoms with Crippen LogP contribution in [0.4, 0.5) is 0 Å². The lowest BCUT2D eigenvalue weighted by Crippen LogP contribution is -2.34. The third-order valence-corrected chi connectivity index (χ3v) is 4.99. The van der Waals surface area contributed by atoms with Crippen LogP contribution in [0, 0.1) is 0 Å². The number of piperidine rings is 1. The molecule has 3 rings (SSSR count). The predicted molar refractivity (Wildman–Crippen MR) is 115 cm³/mol. The molecule has 0 spiro atoms. The lowest BCUT2D eigenvalue weighted by Gasteiger charge is -2.30. The van der Waals surface area contributed by atoms with Crippen molar-refractivity contribution in [2.45, 2.75) is 45.6 Å². The second-order valence-corrected chi connectivity index (χ2v) is 8.39. The molecule has 0 saturated carbocycles. The first kappa shape index (κ1) is 20.3. The van der Waals surface area contributed by atoms with Crippen molar-refractivity contribution in [1.82, 2.24) is 4.90 Å². The van der Waals surface area contributed by atoms with Crippen LogP contribution in [0.1, 0.15) is 51.2 Å². The number of likely N-dealkylation sites (tertiary alicyclic amines) is 1. The van der Waals surface area contributed by atoms with Crippen molar-refractivity contribution < 1.29 is 9.53 Å². The Morgan fingerprint density at radius 1 is 0.893 bits per heavy atom. The third-order valence-electron chi connectivity index (χ3n) is 4.99. The van der Waals surface area contributed by atoms with Crippen LogP contribution in [0.2, 0.25) is 0 Å². The van der Waals surface area contributed by atoms with Gasteiger partial charge < -0.3 is 9.64 Å². The van der Waals surface area contributed by atoms with Gasteiger partial charge in [-0.25, -0.2) is 0 Å². The van der Waals surface area contributed by atoms with E-state index >= 15 is 0 Å². The summed E-state index contributed by atoms with van der Waals surface area (Å²) in [5, 5.41) is 0. The second-order valence-electron chi connectivity index (χ2n) is 8.39. The van der Waals surface area contributed by atoms with Crippen LogP contribution in [0.15, 0.2) is 66.2 Å². The first-order valence-corrected chi connectivity index (χ1v) is 10.2. The molecule has 0 unspecified atom stereocenters. The molecule has 1 aliphatic rings. The fraction of sp³-hybridized carbons (Fsp3) is 0.400. The van der Waals surface area contributed by atoms with Crippen molar-refractivity contribution in [3.8, 4) is 0 Å². The Labute approximate surface area is 169 Å². The summed E-state index contributed by atoms with van der Waals surface area (Å²) in [4.78, 5) is 14.4. The molecule has 2 aromatic carbocycles. The number of carbonyl (C=O) groups is 1. The number of rotatable bonds is 5. The van der Waals surface area contributed by atoms with Crippen molar-refractivity contribution in [2.24, 2.45) is 0 Å². The number of esters is 1. The van der Waals surface area contributed by atoms with Crippen LogP contribution in [-0.4, -0.2) is 36.1 Å². The van der Waals surface area contributed by atoms with E-state index in [0.717, 1.165) is 32.5 Å². The molecule has 0 aromatic heterocycles. The maximum atomic E-state index is 12.0. The van der Waals surface area contributed by atoms with Gasteiger partial charge in [0.25, 0.3) is 0 Å². The number of hydrogen-bond acceptors (Lipinski definition) is 3. The molecule has 0 bridgehead atoms. The lowest BCUT2D eigenvalue weighted by atomic mass is 9.88. The molecule has 1 saturated heterocycles. The summed E-state index contributed by atoms with van der Waals surface area (Å²) in [6.45, 7) is 8.49. The first-order chi connectivity index (χ1) is 13.4. The topological polar surface area (TPSA) is 29.5 Å². The Bertz CT molecular complexity index is 752. The standard InChI is InChI=1S/C25H31NO2/c1-25(2,3)28-23(27)16-19-26-17-14-22(15-18-26)24(20-10-6-4-7-11-20)21-12-8-5-9-13-21/h4-13H,14-19H2,1-3H3. The van der Waals surface area contributed by atoms with Gasteiger partial charge in [-0.3, -0.25) is 4.79 Å². The van der Waals surface area contributed by atoms with Crippen LogP contribution < -0.4 is 0 Å². The molecule has 0 amide bonds. The molecule has 3 heteroatoms. The number of ether oxygens (including phenoxy) is 1. The van der Waals surface area contributed by atoms with E-state index in [0.29, 0.717) is 6.42 Å². The SMILES string of the molecule is CC(C)(C)OC(=O)CCN1CCC(=C(c2ccccc2)c2ccccc2)CC1. The molecule has 148 valence electrons. The molecule has 1 aliphatic heterocycles. The van der Waals surface area contributed by atoms with Crippen molar-refractivity contribution in [2.75, 3.05) is 19.6 Å². The summed E-state index contributed by atoms with van der Waals surface area (Å²) in [5.41, 5.74) is 5.03. The minimum Gasteiger partial charge on any atom is -0.460 e. The van der Waals surface area contributed by atoms with Crippen molar-refractivity contribution in [3.05, 3.63) is 77.4 Å². The smallest absolute Gasteiger partial charge is 0.307 e. The highest BCUT2D eigenvalue weighted by Crippen LogP contribution is 2.32. The number of carbonyl (C=O) groups excluding carboxylic acids is 1. The molecule has 1 heterocycles. The molecule has 1 fully saturated rings. The van der Waals surface area contributed by atoms with Crippen molar-refractivity contribution >= 4 is 11.5 Å². The zero-order valence-corrected chi connectivity index (χ0v) is 17.3. The van der Waals surface area contributed by atoms with Gasteiger partial charge in [-0.2, -0.15) is 0 Å². The molecular formula is C25H31NO2. The van der Waals surface area contributed by atoms with Crippen LogP contribution in [0.3, 0.4) is 0 Å². The van der Waals surface area contributed by atoms with Crippen molar-refractivity contribution in [1.29, 1.82) is 0 Å². The van der Waals surface area contributed by atoms with Crippen LogP contribution in [-0.2, 0) is 9.53 Å². The van der Waals surface area contributed by atoms with E-state index in [1.54, 1.807) is 0 Å². The number of hydrogen-bond donors (Lipinski definition) is 0. The minimum atomic E-state index is -0.408. The molecule has 2 aromatic rings. The Balaban J connectivity index is 1.68. The second kappa shape index (κ2) is 9.20. The van der Waals surface area contributed by atoms with Crippen LogP contribution in [0.5, 0.6) is 0 Å². The van der Waals surface area contributed by atoms with Gasteiger partial charge in [-0.05, 0) is 50.3 Å². The van der Waals surface area contributed by atoms with Crippen molar-refractivity contribution in [3.63, 3.8) is 0 Å². The van der Waals surface area contributed by atoms with E-state index in [2.05, 4.69) is 65.6 Å². The van der Waals surface area contributed by atoms with E-state index in [-0.39, 0.29) is 5.97 Å². The summed E-state index contributed by atoms with van der Waals surface area (Å²) >= 11 is 0. The normalized spacial score (nSPS) is 15.3. The quantitative estimate of drug-likeness (QED) is 0.661. The number of nitrogens with zero attached hydrogens (tertiary/aromatic N) is 1. The van der Waals surface area contributed by atoms with Gasteiger partial charge in [0.1, 0.15) is 5.60 Å². The molecular weight excluding hydrogens is 346 g/mol. The average Bonchev–Trinajstić information content (AvgIpc) is 2.68. The highest BCUT2D eigenvalue weighted by molar-refractivity contribution is 5.82. The molecule has 28 heavy (non-hydrogen) atoms. The van der Waals surface area contributed by atoms with Gasteiger partial charge in [-0.1, -0.05) is 66.2 Å². The van der Waals surface area contributed by atoms with Gasteiger partial charge >= 0.3 is 5.97 Å². The highest BCUT2D eigenvalue weighted by atomic mass is 16.6. The largest absolute Gasteiger partial charge is 0.460 e. The van der Waals surface area contributed by atoms with E-state index in [4.69, 9.17) is 4.74 Å². The van der Waals surface area contributed by atoms with Crippen LogP contribution in [0.25, 0.3) is 5.57 Å². The van der Waals surface area contributed by atoms with E-state index in [1.165, 1.54) is 22.3 Å². The van der Waals surface area contributed by atoms with Crippen LogP contribution >= 0.6 is 0 Å². The van der Waals surface area contributed by atoms with Gasteiger partial charge in [0.15, 0.2) is 0 Å². The first-order valence-electron chi connectivity index (χ1n) is 10.2. The van der Waals surface area contributed by atoms with Gasteiger partial charge in [-0.15, -0.1) is 0 Å². The molecule has 0 radical (unpaired) electrons. The van der Waals surface area contributed by atoms with Gasteiger partial charge in [0.2, 0.25) is 0 Å². The molecule has 0 atom stereocenters. The fourth-order valence-corrected chi connectivity index (χ4v) is 3.72. The summed E-state index contributed by atoms with van der Waals surface area (Å²) in [7, 11) is 0. The molecule has 0 aliphatic carbocycles.